The summed E-state index contributed by atoms with van der Waals surface area (Å²) in [4.78, 5) is 2.23. The van der Waals surface area contributed by atoms with E-state index in [4.69, 9.17) is 4.65 Å². The van der Waals surface area contributed by atoms with Crippen molar-refractivity contribution < 1.29 is 4.65 Å². The van der Waals surface area contributed by atoms with Gasteiger partial charge >= 0.3 is 7.05 Å². The van der Waals surface area contributed by atoms with E-state index in [0.717, 1.165) is 5.75 Å². The first-order valence-electron chi connectivity index (χ1n) is 7.06. The molecule has 3 rings (SSSR count). The highest BCUT2D eigenvalue weighted by atomic mass is 16.5. The highest BCUT2D eigenvalue weighted by molar-refractivity contribution is 6.73. The van der Waals surface area contributed by atoms with Gasteiger partial charge in [-0.1, -0.05) is 41.0 Å². The molecule has 0 spiro atoms. The summed E-state index contributed by atoms with van der Waals surface area (Å²) in [6.45, 7) is 8.58. The normalized spacial score (nSPS) is 13.4. The topological polar surface area (TPSA) is 12.5 Å². The minimum Gasteiger partial charge on any atom is -0.536 e. The number of fused-ring (bicyclic) bond motifs is 1. The van der Waals surface area contributed by atoms with Gasteiger partial charge in [0, 0.05) is 0 Å². The summed E-state index contributed by atoms with van der Waals surface area (Å²) >= 11 is 0. The smallest absolute Gasteiger partial charge is 0.519 e. The van der Waals surface area contributed by atoms with E-state index in [-0.39, 0.29) is 7.05 Å². The van der Waals surface area contributed by atoms with Gasteiger partial charge in [0.15, 0.2) is 0 Å². The van der Waals surface area contributed by atoms with Gasteiger partial charge in [-0.05, 0) is 51.8 Å². The van der Waals surface area contributed by atoms with Crippen molar-refractivity contribution in [2.75, 3.05) is 11.9 Å². The molecule has 0 saturated heterocycles. The zero-order chi connectivity index (χ0) is 14.4. The Kier molecular flexibility index (Phi) is 3.00. The fraction of sp³-hybridized carbons (Fsp3) is 0.294. The molecular formula is C17H20BNO. The average Bonchev–Trinajstić information content (AvgIpc) is 2.68. The maximum Gasteiger partial charge on any atom is 0.519 e. The summed E-state index contributed by atoms with van der Waals surface area (Å²) in [5, 5.41) is 0. The van der Waals surface area contributed by atoms with Crippen molar-refractivity contribution in [3.05, 3.63) is 52.6 Å². The number of hydrogen-bond donors (Lipinski definition) is 0. The van der Waals surface area contributed by atoms with E-state index < -0.39 is 0 Å². The summed E-state index contributed by atoms with van der Waals surface area (Å²) in [6, 6.07) is 10.8. The summed E-state index contributed by atoms with van der Waals surface area (Å²) in [6.07, 6.45) is 0. The second-order valence-electron chi connectivity index (χ2n) is 5.82. The maximum absolute atomic E-state index is 6.26. The van der Waals surface area contributed by atoms with Crippen LogP contribution in [0.15, 0.2) is 30.3 Å². The van der Waals surface area contributed by atoms with E-state index in [1.165, 1.54) is 33.4 Å². The second kappa shape index (κ2) is 4.59. The minimum absolute atomic E-state index is 0.0216. The predicted octanol–water partition coefficient (Wildman–Crippen LogP) is 3.14. The van der Waals surface area contributed by atoms with Crippen LogP contribution in [-0.4, -0.2) is 14.1 Å². The Labute approximate surface area is 121 Å². The first-order chi connectivity index (χ1) is 9.49. The summed E-state index contributed by atoms with van der Waals surface area (Å²) in [7, 11) is 2.08. The lowest BCUT2D eigenvalue weighted by atomic mass is 9.67. The van der Waals surface area contributed by atoms with Crippen LogP contribution in [-0.2, 0) is 0 Å². The molecule has 0 aromatic heterocycles. The Morgan fingerprint density at radius 1 is 0.950 bits per heavy atom. The van der Waals surface area contributed by atoms with E-state index in [1.54, 1.807) is 0 Å². The molecule has 1 aliphatic rings. The van der Waals surface area contributed by atoms with Gasteiger partial charge in [-0.2, -0.15) is 0 Å². The zero-order valence-electron chi connectivity index (χ0n) is 12.8. The zero-order valence-corrected chi connectivity index (χ0v) is 12.8. The van der Waals surface area contributed by atoms with E-state index >= 15 is 0 Å². The Balaban J connectivity index is 2.09. The molecule has 0 saturated carbocycles. The standard InChI is InChI=1S/C17H20BNO/c1-11-9-13(3)16(14(4)10-11)18-19(5)15-8-6-7-12(2)17(15)20-18/h6-10H,1-5H3. The molecular weight excluding hydrogens is 245 g/mol. The lowest BCUT2D eigenvalue weighted by molar-refractivity contribution is 0.597. The number of rotatable bonds is 1. The van der Waals surface area contributed by atoms with Gasteiger partial charge < -0.3 is 9.47 Å². The summed E-state index contributed by atoms with van der Waals surface area (Å²) in [5.41, 5.74) is 7.55. The largest absolute Gasteiger partial charge is 0.536 e. The van der Waals surface area contributed by atoms with Crippen LogP contribution >= 0.6 is 0 Å². The van der Waals surface area contributed by atoms with Crippen molar-refractivity contribution in [2.45, 2.75) is 27.7 Å². The molecule has 0 bridgehead atoms. The maximum atomic E-state index is 6.26. The average molecular weight is 265 g/mol. The van der Waals surface area contributed by atoms with Crippen LogP contribution in [0, 0.1) is 27.7 Å². The fourth-order valence-corrected chi connectivity index (χ4v) is 3.22. The van der Waals surface area contributed by atoms with Gasteiger partial charge in [-0.15, -0.1) is 0 Å². The number of anilines is 1. The number of nitrogens with zero attached hydrogens (tertiary/aromatic N) is 1. The first kappa shape index (κ1) is 13.1. The van der Waals surface area contributed by atoms with Gasteiger partial charge in [0.25, 0.3) is 0 Å². The highest BCUT2D eigenvalue weighted by Crippen LogP contribution is 2.37. The van der Waals surface area contributed by atoms with Crippen LogP contribution in [0.2, 0.25) is 0 Å². The molecule has 2 nitrogen and oxygen atoms in total. The highest BCUT2D eigenvalue weighted by Gasteiger charge is 2.38. The Bertz CT molecular complexity index is 658. The van der Waals surface area contributed by atoms with Gasteiger partial charge in [0.1, 0.15) is 5.75 Å². The van der Waals surface area contributed by atoms with Crippen molar-refractivity contribution in [3.63, 3.8) is 0 Å². The van der Waals surface area contributed by atoms with Crippen LogP contribution in [0.5, 0.6) is 5.75 Å². The predicted molar refractivity (Wildman–Crippen MR) is 86.3 cm³/mol. The molecule has 2 aromatic carbocycles. The quantitative estimate of drug-likeness (QED) is 0.734. The Morgan fingerprint density at radius 3 is 2.20 bits per heavy atom. The molecule has 0 amide bonds. The van der Waals surface area contributed by atoms with Gasteiger partial charge in [0.05, 0.1) is 5.69 Å². The van der Waals surface area contributed by atoms with Crippen molar-refractivity contribution in [1.29, 1.82) is 0 Å². The molecule has 1 aliphatic heterocycles. The molecule has 20 heavy (non-hydrogen) atoms. The van der Waals surface area contributed by atoms with Crippen LogP contribution in [0.3, 0.4) is 0 Å². The van der Waals surface area contributed by atoms with Gasteiger partial charge in [0.2, 0.25) is 0 Å². The van der Waals surface area contributed by atoms with Crippen LogP contribution in [0.1, 0.15) is 22.3 Å². The molecule has 0 radical (unpaired) electrons. The number of para-hydroxylation sites is 1. The molecule has 102 valence electrons. The third kappa shape index (κ3) is 1.89. The molecule has 0 aliphatic carbocycles. The van der Waals surface area contributed by atoms with E-state index in [9.17, 15) is 0 Å². The van der Waals surface area contributed by atoms with Crippen LogP contribution in [0.25, 0.3) is 0 Å². The monoisotopic (exact) mass is 265 g/mol. The van der Waals surface area contributed by atoms with Gasteiger partial charge in [-0.25, -0.2) is 0 Å². The first-order valence-corrected chi connectivity index (χ1v) is 7.06. The molecule has 1 heterocycles. The third-order valence-electron chi connectivity index (χ3n) is 4.14. The lowest BCUT2D eigenvalue weighted by Crippen LogP contribution is -2.49. The third-order valence-corrected chi connectivity index (χ3v) is 4.14. The van der Waals surface area contributed by atoms with E-state index in [1.807, 2.05) is 0 Å². The second-order valence-corrected chi connectivity index (χ2v) is 5.82. The molecule has 0 N–H and O–H groups in total. The Hall–Kier alpha value is -1.90. The lowest BCUT2D eigenvalue weighted by Gasteiger charge is -2.20. The fourth-order valence-electron chi connectivity index (χ4n) is 3.22. The number of benzene rings is 2. The molecule has 0 unspecified atom stereocenters. The van der Waals surface area contributed by atoms with Crippen LogP contribution in [0.4, 0.5) is 5.69 Å². The molecule has 3 heteroatoms. The van der Waals surface area contributed by atoms with E-state index in [2.05, 4.69) is 69.9 Å². The SMILES string of the molecule is Cc1cc(C)c(B2Oc3c(C)cccc3N2C)c(C)c1. The molecule has 2 aromatic rings. The summed E-state index contributed by atoms with van der Waals surface area (Å²) in [5.74, 6) is 1.01. The van der Waals surface area contributed by atoms with Crippen molar-refractivity contribution in [3.8, 4) is 5.75 Å². The van der Waals surface area contributed by atoms with Crippen LogP contribution < -0.4 is 14.9 Å². The van der Waals surface area contributed by atoms with Crippen molar-refractivity contribution in [2.24, 2.45) is 0 Å². The van der Waals surface area contributed by atoms with Gasteiger partial charge in [-0.3, -0.25) is 0 Å². The van der Waals surface area contributed by atoms with Crippen molar-refractivity contribution in [1.82, 2.24) is 0 Å². The minimum atomic E-state index is -0.0216. The molecule has 0 fully saturated rings. The van der Waals surface area contributed by atoms with Crippen molar-refractivity contribution >= 4 is 18.2 Å². The summed E-state index contributed by atoms with van der Waals surface area (Å²) < 4.78 is 6.26. The number of aryl methyl sites for hydroxylation is 4. The Morgan fingerprint density at radius 2 is 1.60 bits per heavy atom. The van der Waals surface area contributed by atoms with E-state index in [0.29, 0.717) is 0 Å². The number of hydrogen-bond acceptors (Lipinski definition) is 2. The molecule has 0 atom stereocenters.